The summed E-state index contributed by atoms with van der Waals surface area (Å²) in [7, 11) is 0. The molecule has 0 spiro atoms. The van der Waals surface area contributed by atoms with Crippen LogP contribution in [0.15, 0.2) is 115 Å². The molecule has 6 aromatic carbocycles. The number of rotatable bonds is 1. The third kappa shape index (κ3) is 2.40. The molecule has 36 heavy (non-hydrogen) atoms. The molecule has 170 valence electrons. The lowest BCUT2D eigenvalue weighted by molar-refractivity contribution is 0.645. The highest BCUT2D eigenvalue weighted by atomic mass is 15.0. The van der Waals surface area contributed by atoms with Gasteiger partial charge in [-0.3, -0.25) is 0 Å². The lowest BCUT2D eigenvalue weighted by Crippen LogP contribution is -2.23. The van der Waals surface area contributed by atoms with Gasteiger partial charge in [-0.2, -0.15) is 0 Å². The average Bonchev–Trinajstić information content (AvgIpc) is 3.25. The SMILES string of the molecule is CC1(C)c2ccccc2-c2c3c1cccc3cc1c2c2c3ccccc3ccc2n1-c1ccccc1. The van der Waals surface area contributed by atoms with Crippen LogP contribution < -0.4 is 0 Å². The van der Waals surface area contributed by atoms with E-state index in [9.17, 15) is 0 Å². The van der Waals surface area contributed by atoms with Gasteiger partial charge in [0.1, 0.15) is 0 Å². The molecule has 0 bridgehead atoms. The Morgan fingerprint density at radius 1 is 0.528 bits per heavy atom. The Morgan fingerprint density at radius 2 is 1.25 bits per heavy atom. The van der Waals surface area contributed by atoms with E-state index in [2.05, 4.69) is 134 Å². The van der Waals surface area contributed by atoms with Gasteiger partial charge in [0.15, 0.2) is 0 Å². The molecule has 1 aliphatic rings. The molecule has 0 fully saturated rings. The first-order valence-corrected chi connectivity index (χ1v) is 12.7. The van der Waals surface area contributed by atoms with Crippen LogP contribution in [0.4, 0.5) is 0 Å². The fraction of sp³-hybridized carbons (Fsp3) is 0.0857. The van der Waals surface area contributed by atoms with E-state index in [1.807, 2.05) is 0 Å². The van der Waals surface area contributed by atoms with Crippen LogP contribution in [0, 0.1) is 0 Å². The molecule has 0 saturated carbocycles. The minimum absolute atomic E-state index is 0.0589. The van der Waals surface area contributed by atoms with Gasteiger partial charge in [0.25, 0.3) is 0 Å². The standard InChI is InChI=1S/C35H25N/c1-35(2)27-17-9-8-16-26(27)33-31-23(12-10-18-28(31)35)21-30-34(33)32-25-15-7-6-11-22(25)19-20-29(32)36(30)24-13-4-3-5-14-24/h3-21H,1-2H3. The van der Waals surface area contributed by atoms with Crippen LogP contribution in [-0.4, -0.2) is 4.57 Å². The zero-order chi connectivity index (χ0) is 24.0. The fourth-order valence-corrected chi connectivity index (χ4v) is 6.75. The van der Waals surface area contributed by atoms with Crippen LogP contribution in [0.1, 0.15) is 25.0 Å². The molecule has 0 amide bonds. The summed E-state index contributed by atoms with van der Waals surface area (Å²) in [5.74, 6) is 0. The Balaban J connectivity index is 1.73. The van der Waals surface area contributed by atoms with Gasteiger partial charge in [-0.25, -0.2) is 0 Å². The largest absolute Gasteiger partial charge is 0.309 e. The molecule has 8 rings (SSSR count). The van der Waals surface area contributed by atoms with Crippen molar-refractivity contribution in [2.24, 2.45) is 0 Å². The number of hydrogen-bond acceptors (Lipinski definition) is 0. The molecule has 0 aliphatic heterocycles. The average molecular weight is 460 g/mol. The molecule has 1 heterocycles. The van der Waals surface area contributed by atoms with E-state index in [4.69, 9.17) is 0 Å². The second kappa shape index (κ2) is 6.86. The zero-order valence-corrected chi connectivity index (χ0v) is 20.4. The predicted molar refractivity (Wildman–Crippen MR) is 153 cm³/mol. The van der Waals surface area contributed by atoms with Crippen LogP contribution in [0.25, 0.3) is 60.2 Å². The van der Waals surface area contributed by atoms with Gasteiger partial charge < -0.3 is 4.57 Å². The Bertz CT molecular complexity index is 2000. The van der Waals surface area contributed by atoms with Crippen molar-refractivity contribution < 1.29 is 0 Å². The third-order valence-electron chi connectivity index (χ3n) is 8.34. The van der Waals surface area contributed by atoms with E-state index in [1.165, 1.54) is 71.3 Å². The van der Waals surface area contributed by atoms with Crippen LogP contribution in [-0.2, 0) is 5.41 Å². The summed E-state index contributed by atoms with van der Waals surface area (Å²) in [5, 5.41) is 7.99. The Morgan fingerprint density at radius 3 is 2.14 bits per heavy atom. The maximum atomic E-state index is 2.46. The minimum atomic E-state index is -0.0589. The topological polar surface area (TPSA) is 4.93 Å². The molecular weight excluding hydrogens is 434 g/mol. The van der Waals surface area contributed by atoms with Gasteiger partial charge in [-0.15, -0.1) is 0 Å². The van der Waals surface area contributed by atoms with Crippen molar-refractivity contribution in [1.29, 1.82) is 0 Å². The number of hydrogen-bond donors (Lipinski definition) is 0. The predicted octanol–water partition coefficient (Wildman–Crippen LogP) is 9.40. The molecular formula is C35H25N. The minimum Gasteiger partial charge on any atom is -0.309 e. The number of nitrogens with zero attached hydrogens (tertiary/aromatic N) is 1. The normalized spacial score (nSPS) is 14.1. The van der Waals surface area contributed by atoms with E-state index in [1.54, 1.807) is 0 Å². The Hall–Kier alpha value is -4.36. The van der Waals surface area contributed by atoms with Gasteiger partial charge in [0, 0.05) is 27.4 Å². The highest BCUT2D eigenvalue weighted by Crippen LogP contribution is 2.53. The van der Waals surface area contributed by atoms with E-state index in [0.29, 0.717) is 0 Å². The molecule has 0 radical (unpaired) electrons. The summed E-state index contributed by atoms with van der Waals surface area (Å²) in [6.07, 6.45) is 0. The summed E-state index contributed by atoms with van der Waals surface area (Å²) in [6, 6.07) is 42.5. The van der Waals surface area contributed by atoms with E-state index in [0.717, 1.165) is 0 Å². The monoisotopic (exact) mass is 459 g/mol. The summed E-state index contributed by atoms with van der Waals surface area (Å²) < 4.78 is 2.46. The van der Waals surface area contributed by atoms with Crippen molar-refractivity contribution in [2.75, 3.05) is 0 Å². The smallest absolute Gasteiger partial charge is 0.0553 e. The zero-order valence-electron chi connectivity index (χ0n) is 20.4. The number of para-hydroxylation sites is 1. The van der Waals surface area contributed by atoms with Crippen molar-refractivity contribution in [3.8, 4) is 16.8 Å². The number of aromatic nitrogens is 1. The summed E-state index contributed by atoms with van der Waals surface area (Å²) >= 11 is 0. The van der Waals surface area contributed by atoms with Crippen LogP contribution in [0.3, 0.4) is 0 Å². The Labute approximate surface area is 210 Å². The highest BCUT2D eigenvalue weighted by Gasteiger charge is 2.35. The van der Waals surface area contributed by atoms with E-state index in [-0.39, 0.29) is 5.41 Å². The van der Waals surface area contributed by atoms with Crippen molar-refractivity contribution in [3.05, 3.63) is 126 Å². The van der Waals surface area contributed by atoms with Crippen molar-refractivity contribution >= 4 is 43.4 Å². The lowest BCUT2D eigenvalue weighted by atomic mass is 9.68. The summed E-state index contributed by atoms with van der Waals surface area (Å²) in [6.45, 7) is 4.74. The van der Waals surface area contributed by atoms with Gasteiger partial charge in [0.05, 0.1) is 11.0 Å². The van der Waals surface area contributed by atoms with Crippen molar-refractivity contribution in [2.45, 2.75) is 19.3 Å². The molecule has 1 nitrogen and oxygen atoms in total. The maximum Gasteiger partial charge on any atom is 0.0553 e. The van der Waals surface area contributed by atoms with Gasteiger partial charge in [0.2, 0.25) is 0 Å². The van der Waals surface area contributed by atoms with Gasteiger partial charge in [-0.1, -0.05) is 105 Å². The van der Waals surface area contributed by atoms with Crippen molar-refractivity contribution in [1.82, 2.24) is 4.57 Å². The molecule has 0 N–H and O–H groups in total. The van der Waals surface area contributed by atoms with Crippen LogP contribution in [0.5, 0.6) is 0 Å². The second-order valence-electron chi connectivity index (χ2n) is 10.6. The lowest BCUT2D eigenvalue weighted by Gasteiger charge is -2.35. The van der Waals surface area contributed by atoms with Gasteiger partial charge in [-0.05, 0) is 62.5 Å². The first-order valence-electron chi connectivity index (χ1n) is 12.7. The molecule has 0 atom stereocenters. The first-order chi connectivity index (χ1) is 17.6. The summed E-state index contributed by atoms with van der Waals surface area (Å²) in [5.41, 5.74) is 9.21. The Kier molecular flexibility index (Phi) is 3.79. The molecule has 1 aliphatic carbocycles. The summed E-state index contributed by atoms with van der Waals surface area (Å²) in [4.78, 5) is 0. The molecule has 0 saturated heterocycles. The maximum absolute atomic E-state index is 2.46. The number of fused-ring (bicyclic) bond motifs is 8. The number of benzene rings is 6. The van der Waals surface area contributed by atoms with Gasteiger partial charge >= 0.3 is 0 Å². The third-order valence-corrected chi connectivity index (χ3v) is 8.34. The quantitative estimate of drug-likeness (QED) is 0.230. The van der Waals surface area contributed by atoms with Crippen LogP contribution in [0.2, 0.25) is 0 Å². The van der Waals surface area contributed by atoms with Crippen LogP contribution >= 0.6 is 0 Å². The van der Waals surface area contributed by atoms with Crippen molar-refractivity contribution in [3.63, 3.8) is 0 Å². The molecule has 1 aromatic heterocycles. The molecule has 7 aromatic rings. The second-order valence-corrected chi connectivity index (χ2v) is 10.6. The van der Waals surface area contributed by atoms with E-state index >= 15 is 0 Å². The molecule has 1 heteroatoms. The van der Waals surface area contributed by atoms with E-state index < -0.39 is 0 Å². The fourth-order valence-electron chi connectivity index (χ4n) is 6.75. The molecule has 0 unspecified atom stereocenters. The highest BCUT2D eigenvalue weighted by molar-refractivity contribution is 6.30. The first kappa shape index (κ1) is 19.9.